The molecule has 0 heterocycles. The van der Waals surface area contributed by atoms with Crippen LogP contribution in [0.3, 0.4) is 0 Å². The Morgan fingerprint density at radius 2 is 0.643 bits per heavy atom. The number of hydrogen-bond donors (Lipinski definition) is 0. The van der Waals surface area contributed by atoms with Gasteiger partial charge in [0.05, 0.1) is 0 Å². The van der Waals surface area contributed by atoms with E-state index >= 15 is 0 Å². The van der Waals surface area contributed by atoms with Crippen LogP contribution in [0.2, 0.25) is 0 Å². The van der Waals surface area contributed by atoms with E-state index in [1.807, 2.05) is 0 Å². The average molecular weight is 354 g/mol. The smallest absolute Gasteiger partial charge is 0.00264 e. The van der Waals surface area contributed by atoms with Gasteiger partial charge < -0.3 is 0 Å². The van der Waals surface area contributed by atoms with Crippen LogP contribution >= 0.6 is 0 Å². The van der Waals surface area contributed by atoms with Gasteiger partial charge in [-0.1, -0.05) is 97.1 Å². The molecular weight excluding hydrogens is 336 g/mol. The van der Waals surface area contributed by atoms with Crippen molar-refractivity contribution in [1.29, 1.82) is 0 Å². The summed E-state index contributed by atoms with van der Waals surface area (Å²) in [7, 11) is 0. The molecule has 0 aliphatic heterocycles. The van der Waals surface area contributed by atoms with Gasteiger partial charge in [0.2, 0.25) is 0 Å². The van der Waals surface area contributed by atoms with Crippen LogP contribution in [0.5, 0.6) is 0 Å². The SMILES string of the molecule is C#C.c1cc2ccc1-2.c1cc2cccc3c4cccc5cccc(c(c1)c23)c54. The first kappa shape index (κ1) is 16.4. The first-order valence-electron chi connectivity index (χ1n) is 9.38. The molecule has 28 heavy (non-hydrogen) atoms. The van der Waals surface area contributed by atoms with Gasteiger partial charge in [0, 0.05) is 0 Å². The molecule has 0 nitrogen and oxygen atoms in total. The molecular formula is C28H18. The van der Waals surface area contributed by atoms with Crippen LogP contribution in [0.1, 0.15) is 0 Å². The van der Waals surface area contributed by atoms with Gasteiger partial charge in [-0.15, -0.1) is 12.8 Å². The zero-order valence-electron chi connectivity index (χ0n) is 15.4. The maximum absolute atomic E-state index is 4.00. The molecule has 5 aromatic rings. The molecule has 5 aromatic carbocycles. The number of hydrogen-bond acceptors (Lipinski definition) is 0. The maximum atomic E-state index is 4.00. The van der Waals surface area contributed by atoms with Crippen LogP contribution in [0.25, 0.3) is 54.2 Å². The fourth-order valence-electron chi connectivity index (χ4n) is 4.24. The van der Waals surface area contributed by atoms with Crippen molar-refractivity contribution < 1.29 is 0 Å². The Kier molecular flexibility index (Phi) is 3.75. The van der Waals surface area contributed by atoms with Gasteiger partial charge in [-0.2, -0.15) is 0 Å². The lowest BCUT2D eigenvalue weighted by atomic mass is 9.90. The van der Waals surface area contributed by atoms with Gasteiger partial charge in [-0.3, -0.25) is 0 Å². The van der Waals surface area contributed by atoms with E-state index < -0.39 is 0 Å². The minimum atomic E-state index is 1.33. The molecule has 0 spiro atoms. The molecule has 0 saturated carbocycles. The molecule has 0 unspecified atom stereocenters. The normalized spacial score (nSPS) is 11.1. The summed E-state index contributed by atoms with van der Waals surface area (Å²) in [5.74, 6) is 0. The van der Waals surface area contributed by atoms with Gasteiger partial charge in [0.1, 0.15) is 0 Å². The number of benzene rings is 6. The Hall–Kier alpha value is -3.82. The molecule has 2 aliphatic carbocycles. The second-order valence-corrected chi connectivity index (χ2v) is 7.00. The van der Waals surface area contributed by atoms with E-state index in [0.29, 0.717) is 0 Å². The molecule has 0 saturated heterocycles. The van der Waals surface area contributed by atoms with Crippen molar-refractivity contribution in [3.8, 4) is 24.0 Å². The van der Waals surface area contributed by atoms with E-state index in [2.05, 4.69) is 110 Å². The van der Waals surface area contributed by atoms with E-state index in [-0.39, 0.29) is 0 Å². The van der Waals surface area contributed by atoms with Crippen LogP contribution in [0.15, 0.2) is 97.1 Å². The highest BCUT2D eigenvalue weighted by Crippen LogP contribution is 2.39. The van der Waals surface area contributed by atoms with E-state index in [4.69, 9.17) is 0 Å². The topological polar surface area (TPSA) is 0 Å². The number of rotatable bonds is 0. The third-order valence-electron chi connectivity index (χ3n) is 5.61. The highest BCUT2D eigenvalue weighted by atomic mass is 14.1. The molecule has 0 bridgehead atoms. The minimum absolute atomic E-state index is 1.33. The number of fused-ring (bicyclic) bond motifs is 3. The first-order chi connectivity index (χ1) is 13.9. The van der Waals surface area contributed by atoms with Crippen LogP contribution in [0.4, 0.5) is 0 Å². The molecule has 0 atom stereocenters. The first-order valence-corrected chi connectivity index (χ1v) is 9.38. The predicted molar refractivity (Wildman–Crippen MR) is 123 cm³/mol. The fourth-order valence-corrected chi connectivity index (χ4v) is 4.24. The minimum Gasteiger partial charge on any atom is -0.124 e. The summed E-state index contributed by atoms with van der Waals surface area (Å²) in [5, 5.41) is 10.9. The van der Waals surface area contributed by atoms with Gasteiger partial charge in [-0.05, 0) is 54.2 Å². The zero-order valence-corrected chi connectivity index (χ0v) is 15.4. The summed E-state index contributed by atoms with van der Waals surface area (Å²) in [6.45, 7) is 0. The fraction of sp³-hybridized carbons (Fsp3) is 0. The predicted octanol–water partition coefficient (Wildman–Crippen LogP) is 7.65. The second kappa shape index (κ2) is 6.41. The molecule has 7 rings (SSSR count). The lowest BCUT2D eigenvalue weighted by molar-refractivity contribution is 1.55. The van der Waals surface area contributed by atoms with E-state index in [0.717, 1.165) is 0 Å². The van der Waals surface area contributed by atoms with Crippen LogP contribution in [-0.2, 0) is 0 Å². The molecule has 0 fully saturated rings. The highest BCUT2D eigenvalue weighted by Gasteiger charge is 2.11. The summed E-state index contributed by atoms with van der Waals surface area (Å²) in [5.41, 5.74) is 2.85. The molecule has 0 amide bonds. The standard InChI is InChI=1S/C20H12.C6H4.C2H2/c1-5-13-6-2-11-17-18-12-4-8-14-7-3-10-16(20(14)18)15(9-1)19(13)17;1-2-6-4-3-5(1)6;1-2/h1-12H;1-4H;1-2H. The van der Waals surface area contributed by atoms with Crippen LogP contribution in [0, 0.1) is 12.8 Å². The van der Waals surface area contributed by atoms with Crippen molar-refractivity contribution in [2.75, 3.05) is 0 Å². The van der Waals surface area contributed by atoms with Crippen molar-refractivity contribution >= 4 is 43.1 Å². The van der Waals surface area contributed by atoms with Crippen molar-refractivity contribution in [2.45, 2.75) is 0 Å². The Balaban J connectivity index is 0.000000179. The molecule has 130 valence electrons. The Morgan fingerprint density at radius 1 is 0.357 bits per heavy atom. The van der Waals surface area contributed by atoms with Gasteiger partial charge in [-0.25, -0.2) is 0 Å². The van der Waals surface area contributed by atoms with Crippen molar-refractivity contribution in [2.24, 2.45) is 0 Å². The molecule has 2 aliphatic rings. The third-order valence-corrected chi connectivity index (χ3v) is 5.61. The van der Waals surface area contributed by atoms with Gasteiger partial charge in [0.25, 0.3) is 0 Å². The van der Waals surface area contributed by atoms with Crippen LogP contribution < -0.4 is 0 Å². The second-order valence-electron chi connectivity index (χ2n) is 7.00. The van der Waals surface area contributed by atoms with E-state index in [9.17, 15) is 0 Å². The zero-order chi connectivity index (χ0) is 19.1. The Labute approximate surface area is 164 Å². The molecule has 0 heteroatoms. The molecule has 0 radical (unpaired) electrons. The van der Waals surface area contributed by atoms with Crippen molar-refractivity contribution in [3.05, 3.63) is 97.1 Å². The largest absolute Gasteiger partial charge is 0.124 e. The Morgan fingerprint density at radius 3 is 0.857 bits per heavy atom. The van der Waals surface area contributed by atoms with Gasteiger partial charge >= 0.3 is 0 Å². The summed E-state index contributed by atoms with van der Waals surface area (Å²) >= 11 is 0. The summed E-state index contributed by atoms with van der Waals surface area (Å²) in [4.78, 5) is 0. The van der Waals surface area contributed by atoms with E-state index in [1.165, 1.54) is 54.2 Å². The third kappa shape index (κ3) is 2.27. The molecule has 0 aromatic heterocycles. The lowest BCUT2D eigenvalue weighted by Gasteiger charge is -2.13. The highest BCUT2D eigenvalue weighted by molar-refractivity contribution is 6.32. The Bertz CT molecular complexity index is 1260. The van der Waals surface area contributed by atoms with Crippen molar-refractivity contribution in [1.82, 2.24) is 0 Å². The molecule has 0 N–H and O–H groups in total. The average Bonchev–Trinajstić information content (AvgIpc) is 2.76. The summed E-state index contributed by atoms with van der Waals surface area (Å²) in [6, 6.07) is 34.9. The van der Waals surface area contributed by atoms with Crippen LogP contribution in [-0.4, -0.2) is 0 Å². The number of terminal acetylenes is 1. The van der Waals surface area contributed by atoms with Crippen molar-refractivity contribution in [3.63, 3.8) is 0 Å². The van der Waals surface area contributed by atoms with E-state index in [1.54, 1.807) is 0 Å². The summed E-state index contributed by atoms with van der Waals surface area (Å²) < 4.78 is 0. The van der Waals surface area contributed by atoms with Gasteiger partial charge in [0.15, 0.2) is 0 Å². The summed E-state index contributed by atoms with van der Waals surface area (Å²) in [6.07, 6.45) is 8.00. The lowest BCUT2D eigenvalue weighted by Crippen LogP contribution is -1.85. The monoisotopic (exact) mass is 354 g/mol. The maximum Gasteiger partial charge on any atom is -0.00264 e. The quantitative estimate of drug-likeness (QED) is 0.149.